The van der Waals surface area contributed by atoms with Gasteiger partial charge in [0.2, 0.25) is 0 Å². The maximum atomic E-state index is 13.0. The van der Waals surface area contributed by atoms with Gasteiger partial charge in [0.05, 0.1) is 17.8 Å². The van der Waals surface area contributed by atoms with E-state index >= 15 is 0 Å². The molecule has 4 rings (SSSR count). The third kappa shape index (κ3) is 3.71. The summed E-state index contributed by atoms with van der Waals surface area (Å²) >= 11 is 0. The number of anilines is 1. The molecule has 1 saturated heterocycles. The van der Waals surface area contributed by atoms with E-state index < -0.39 is 20.7 Å². The zero-order chi connectivity index (χ0) is 24.0. The minimum atomic E-state index is -1.57. The van der Waals surface area contributed by atoms with E-state index in [0.29, 0.717) is 34.8 Å². The topological polar surface area (TPSA) is 147 Å². The van der Waals surface area contributed by atoms with Crippen LogP contribution in [-0.2, 0) is 23.4 Å². The van der Waals surface area contributed by atoms with Gasteiger partial charge in [-0.1, -0.05) is 13.8 Å². The summed E-state index contributed by atoms with van der Waals surface area (Å²) < 4.78 is 19.3. The molecule has 0 bridgehead atoms. The Morgan fingerprint density at radius 1 is 1.30 bits per heavy atom. The van der Waals surface area contributed by atoms with Gasteiger partial charge < -0.3 is 19.1 Å². The normalized spacial score (nSPS) is 26.7. The first kappa shape index (κ1) is 23.7. The Hall–Kier alpha value is -2.50. The number of fused-ring (bicyclic) bond motifs is 1. The number of imidazole rings is 1. The van der Waals surface area contributed by atoms with Crippen LogP contribution in [0.1, 0.15) is 39.2 Å². The van der Waals surface area contributed by atoms with Crippen LogP contribution in [0.2, 0.25) is 0 Å². The lowest BCUT2D eigenvalue weighted by atomic mass is 10.0. The van der Waals surface area contributed by atoms with E-state index in [0.717, 1.165) is 4.90 Å². The first-order chi connectivity index (χ1) is 15.7. The maximum Gasteiger partial charge on any atom is 0.264 e. The Kier molecular flexibility index (Phi) is 6.47. The molecule has 5 unspecified atom stereocenters. The molecule has 0 aromatic carbocycles. The summed E-state index contributed by atoms with van der Waals surface area (Å²) in [5.74, 6) is -0.178. The van der Waals surface area contributed by atoms with Gasteiger partial charge in [0.25, 0.3) is 20.3 Å². The minimum absolute atomic E-state index is 0.186. The fraction of sp³-hybridized carbons (Fsp3) is 0.550. The summed E-state index contributed by atoms with van der Waals surface area (Å²) in [6.07, 6.45) is 0.918. The molecule has 178 valence electrons. The largest absolute Gasteiger partial charge is 0.371 e. The standard InChI is InChI=1S/C20H28N7O5P/c1-7-11-14(32-33(21)30-6)10(3)20(31-11)27-16(12-9(2)18(28)26(5)19(12)29)25-13-15(22-4)23-8-24-17(13)27/h8,10-11,14,20H,7,21H2,1-6H3,(H,22,23,24). The van der Waals surface area contributed by atoms with Gasteiger partial charge in [-0.25, -0.2) is 15.0 Å². The molecule has 0 saturated carbocycles. The van der Waals surface area contributed by atoms with E-state index in [1.54, 1.807) is 18.5 Å². The number of carbonyl (C=O) groups excluding carboxylic acids is 2. The third-order valence-electron chi connectivity index (χ3n) is 6.17. The number of aromatic nitrogens is 4. The van der Waals surface area contributed by atoms with Crippen LogP contribution in [0.15, 0.2) is 11.9 Å². The van der Waals surface area contributed by atoms with Gasteiger partial charge in [-0.2, -0.15) is 0 Å². The van der Waals surface area contributed by atoms with Crippen LogP contribution >= 0.6 is 8.53 Å². The average molecular weight is 477 g/mol. The number of imide groups is 1. The molecule has 2 aliphatic rings. The van der Waals surface area contributed by atoms with Crippen molar-refractivity contribution in [2.24, 2.45) is 11.4 Å². The molecule has 0 aliphatic carbocycles. The lowest BCUT2D eigenvalue weighted by Gasteiger charge is -2.23. The van der Waals surface area contributed by atoms with Crippen molar-refractivity contribution in [3.63, 3.8) is 0 Å². The van der Waals surface area contributed by atoms with Gasteiger partial charge in [0, 0.05) is 32.7 Å². The number of likely N-dealkylation sites (N-methyl/N-ethyl adjacent to an activating group) is 1. The Morgan fingerprint density at radius 2 is 2.03 bits per heavy atom. The quantitative estimate of drug-likeness (QED) is 0.447. The molecule has 0 radical (unpaired) electrons. The molecular weight excluding hydrogens is 449 g/mol. The van der Waals surface area contributed by atoms with Crippen molar-refractivity contribution in [3.8, 4) is 0 Å². The summed E-state index contributed by atoms with van der Waals surface area (Å²) in [6.45, 7) is 5.60. The molecule has 3 N–H and O–H groups in total. The molecule has 2 amide bonds. The molecule has 2 aromatic rings. The van der Waals surface area contributed by atoms with Crippen molar-refractivity contribution in [3.05, 3.63) is 17.7 Å². The molecule has 13 heteroatoms. The molecule has 2 aliphatic heterocycles. The number of carbonyl (C=O) groups is 2. The molecule has 0 spiro atoms. The van der Waals surface area contributed by atoms with Crippen LogP contribution in [-0.4, -0.2) is 69.6 Å². The van der Waals surface area contributed by atoms with Crippen molar-refractivity contribution in [1.82, 2.24) is 24.4 Å². The zero-order valence-electron chi connectivity index (χ0n) is 19.4. The highest BCUT2D eigenvalue weighted by Gasteiger charge is 2.47. The van der Waals surface area contributed by atoms with Gasteiger partial charge in [0.15, 0.2) is 22.8 Å². The second-order valence-electron chi connectivity index (χ2n) is 7.99. The second kappa shape index (κ2) is 9.03. The van der Waals surface area contributed by atoms with Crippen LogP contribution in [0.5, 0.6) is 0 Å². The number of hydrogen-bond donors (Lipinski definition) is 2. The Balaban J connectivity index is 1.91. The number of nitrogens with zero attached hydrogens (tertiary/aromatic N) is 5. The van der Waals surface area contributed by atoms with E-state index in [9.17, 15) is 9.59 Å². The molecule has 4 heterocycles. The summed E-state index contributed by atoms with van der Waals surface area (Å²) in [7, 11) is 3.11. The van der Waals surface area contributed by atoms with E-state index in [1.807, 2.05) is 13.8 Å². The monoisotopic (exact) mass is 477 g/mol. The lowest BCUT2D eigenvalue weighted by Crippen LogP contribution is -2.28. The Bertz CT molecular complexity index is 1140. The fourth-order valence-corrected chi connectivity index (χ4v) is 5.04. The van der Waals surface area contributed by atoms with Crippen molar-refractivity contribution in [2.75, 3.05) is 26.5 Å². The van der Waals surface area contributed by atoms with Crippen LogP contribution in [0, 0.1) is 5.92 Å². The maximum absolute atomic E-state index is 13.0. The van der Waals surface area contributed by atoms with Gasteiger partial charge in [-0.3, -0.25) is 24.6 Å². The van der Waals surface area contributed by atoms with Crippen molar-refractivity contribution in [1.29, 1.82) is 0 Å². The first-order valence-corrected chi connectivity index (χ1v) is 11.8. The van der Waals surface area contributed by atoms with E-state index in [4.69, 9.17) is 24.3 Å². The van der Waals surface area contributed by atoms with Crippen molar-refractivity contribution < 1.29 is 23.4 Å². The zero-order valence-corrected chi connectivity index (χ0v) is 20.3. The Morgan fingerprint density at radius 3 is 2.61 bits per heavy atom. The van der Waals surface area contributed by atoms with Gasteiger partial charge >= 0.3 is 0 Å². The summed E-state index contributed by atoms with van der Waals surface area (Å²) in [4.78, 5) is 40.1. The number of hydrogen-bond acceptors (Lipinski definition) is 10. The lowest BCUT2D eigenvalue weighted by molar-refractivity contribution is -0.135. The molecule has 2 aromatic heterocycles. The van der Waals surface area contributed by atoms with Crippen LogP contribution in [0.4, 0.5) is 5.82 Å². The molecular formula is C20H28N7O5P. The predicted molar refractivity (Wildman–Crippen MR) is 122 cm³/mol. The highest BCUT2D eigenvalue weighted by molar-refractivity contribution is 7.44. The summed E-state index contributed by atoms with van der Waals surface area (Å²) in [6, 6.07) is 0. The van der Waals surface area contributed by atoms with Gasteiger partial charge in [-0.15, -0.1) is 0 Å². The van der Waals surface area contributed by atoms with Crippen LogP contribution in [0.25, 0.3) is 16.7 Å². The van der Waals surface area contributed by atoms with Crippen molar-refractivity contribution in [2.45, 2.75) is 45.6 Å². The predicted octanol–water partition coefficient (Wildman–Crippen LogP) is 1.80. The number of nitrogens with one attached hydrogen (secondary N) is 1. The molecule has 5 atom stereocenters. The highest BCUT2D eigenvalue weighted by atomic mass is 31.2. The second-order valence-corrected chi connectivity index (χ2v) is 9.14. The number of amides is 2. The molecule has 33 heavy (non-hydrogen) atoms. The van der Waals surface area contributed by atoms with Gasteiger partial charge in [-0.05, 0) is 13.3 Å². The smallest absolute Gasteiger partial charge is 0.264 e. The highest BCUT2D eigenvalue weighted by Crippen LogP contribution is 2.46. The van der Waals surface area contributed by atoms with Crippen molar-refractivity contribution >= 4 is 42.9 Å². The summed E-state index contributed by atoms with van der Waals surface area (Å²) in [5.41, 5.74) is 7.42. The third-order valence-corrected chi connectivity index (χ3v) is 6.98. The van der Waals surface area contributed by atoms with Crippen LogP contribution < -0.4 is 10.8 Å². The summed E-state index contributed by atoms with van der Waals surface area (Å²) in [5, 5.41) is 3.00. The number of rotatable bonds is 7. The molecule has 1 fully saturated rings. The first-order valence-electron chi connectivity index (χ1n) is 10.6. The van der Waals surface area contributed by atoms with Gasteiger partial charge in [0.1, 0.15) is 12.6 Å². The van der Waals surface area contributed by atoms with E-state index in [-0.39, 0.29) is 29.6 Å². The number of ether oxygens (including phenoxy) is 1. The number of nitrogens with two attached hydrogens (primary N) is 1. The molecule has 12 nitrogen and oxygen atoms in total. The Labute approximate surface area is 192 Å². The fourth-order valence-electron chi connectivity index (χ4n) is 4.38. The SMILES string of the molecule is CCC1OC(n2c(C3=C(C)C(=O)N(C)C3=O)nc3c(NC)ncnc32)C(C)C1OP(N)OC. The van der Waals surface area contributed by atoms with Crippen LogP contribution in [0.3, 0.4) is 0 Å². The average Bonchev–Trinajstić information content (AvgIpc) is 3.40. The van der Waals surface area contributed by atoms with E-state index in [2.05, 4.69) is 15.3 Å². The van der Waals surface area contributed by atoms with E-state index in [1.165, 1.54) is 20.5 Å². The minimum Gasteiger partial charge on any atom is -0.371 e.